The third-order valence-electron chi connectivity index (χ3n) is 4.69. The van der Waals surface area contributed by atoms with Crippen LogP contribution in [0, 0.1) is 11.7 Å². The van der Waals surface area contributed by atoms with E-state index in [4.69, 9.17) is 4.74 Å². The molecule has 5 nitrogen and oxygen atoms in total. The molecule has 1 amide bonds. The third kappa shape index (κ3) is 3.42. The van der Waals surface area contributed by atoms with Crippen LogP contribution >= 0.6 is 0 Å². The molecule has 2 bridgehead atoms. The highest BCUT2D eigenvalue weighted by atomic mass is 19.1. The molecule has 1 aromatic heterocycles. The van der Waals surface area contributed by atoms with Crippen molar-refractivity contribution >= 4 is 11.9 Å². The second-order valence-corrected chi connectivity index (χ2v) is 7.67. The second-order valence-electron chi connectivity index (χ2n) is 7.67. The van der Waals surface area contributed by atoms with E-state index in [1.807, 2.05) is 25.7 Å². The molecule has 3 rings (SSSR count). The molecule has 0 spiro atoms. The smallest absolute Gasteiger partial charge is 0.410 e. The number of pyridine rings is 1. The van der Waals surface area contributed by atoms with Gasteiger partial charge in [-0.15, -0.1) is 0 Å². The Morgan fingerprint density at radius 1 is 1.21 bits per heavy atom. The zero-order valence-electron chi connectivity index (χ0n) is 14.3. The number of hydrogen-bond acceptors (Lipinski definition) is 4. The number of fused-ring (bicyclic) bond motifs is 2. The molecule has 2 unspecified atom stereocenters. The highest BCUT2D eigenvalue weighted by molar-refractivity contribution is 5.96. The van der Waals surface area contributed by atoms with Crippen LogP contribution in [0.2, 0.25) is 0 Å². The van der Waals surface area contributed by atoms with Crippen molar-refractivity contribution in [2.75, 3.05) is 0 Å². The number of piperidine rings is 1. The van der Waals surface area contributed by atoms with Crippen molar-refractivity contribution in [3.8, 4) is 0 Å². The number of carbonyl (C=O) groups excluding carboxylic acids is 2. The second kappa shape index (κ2) is 6.15. The van der Waals surface area contributed by atoms with Crippen LogP contribution in [-0.2, 0) is 4.74 Å². The number of halogens is 1. The number of carbonyl (C=O) groups is 2. The number of hydrogen-bond donors (Lipinski definition) is 0. The molecule has 2 fully saturated rings. The lowest BCUT2D eigenvalue weighted by atomic mass is 9.86. The van der Waals surface area contributed by atoms with Crippen molar-refractivity contribution in [2.45, 2.75) is 64.1 Å². The summed E-state index contributed by atoms with van der Waals surface area (Å²) in [5.41, 5.74) is -0.229. The van der Waals surface area contributed by atoms with Crippen molar-refractivity contribution in [1.29, 1.82) is 0 Å². The minimum Gasteiger partial charge on any atom is -0.444 e. The zero-order chi connectivity index (χ0) is 17.5. The Hall–Kier alpha value is -1.98. The first-order valence-corrected chi connectivity index (χ1v) is 8.41. The quantitative estimate of drug-likeness (QED) is 0.776. The van der Waals surface area contributed by atoms with E-state index in [9.17, 15) is 14.0 Å². The molecule has 130 valence electrons. The van der Waals surface area contributed by atoms with Gasteiger partial charge in [0, 0.05) is 18.0 Å². The Morgan fingerprint density at radius 2 is 1.83 bits per heavy atom. The fourth-order valence-electron chi connectivity index (χ4n) is 3.73. The number of rotatable bonds is 2. The van der Waals surface area contributed by atoms with Gasteiger partial charge in [0.2, 0.25) is 0 Å². The van der Waals surface area contributed by atoms with Gasteiger partial charge in [-0.3, -0.25) is 9.78 Å². The average molecular weight is 334 g/mol. The predicted octanol–water partition coefficient (Wildman–Crippen LogP) is 3.58. The normalized spacial score (nSPS) is 26.3. The lowest BCUT2D eigenvalue weighted by Crippen LogP contribution is -2.49. The molecule has 2 saturated heterocycles. The van der Waals surface area contributed by atoms with Gasteiger partial charge in [-0.1, -0.05) is 0 Å². The van der Waals surface area contributed by atoms with Crippen LogP contribution in [0.4, 0.5) is 9.18 Å². The van der Waals surface area contributed by atoms with Crippen LogP contribution in [0.3, 0.4) is 0 Å². The zero-order valence-corrected chi connectivity index (χ0v) is 14.3. The van der Waals surface area contributed by atoms with Crippen LogP contribution < -0.4 is 0 Å². The number of aromatic nitrogens is 1. The van der Waals surface area contributed by atoms with Gasteiger partial charge in [-0.05, 0) is 58.6 Å². The molecule has 0 aliphatic carbocycles. The molecular formula is C18H23FN2O3. The standard InChI is InChI=1S/C18H23FN2O3/c1-18(2,3)24-17(23)21-13-5-6-14(21)9-11(8-13)16(22)15-7-4-12(19)10-20-15/h4,7,10-11,13-14H,5-6,8-9H2,1-3H3. The highest BCUT2D eigenvalue weighted by Gasteiger charge is 2.46. The third-order valence-corrected chi connectivity index (χ3v) is 4.69. The molecule has 1 aromatic rings. The van der Waals surface area contributed by atoms with Crippen LogP contribution in [0.25, 0.3) is 0 Å². The number of ketones is 1. The lowest BCUT2D eigenvalue weighted by Gasteiger charge is -2.38. The summed E-state index contributed by atoms with van der Waals surface area (Å²) in [6.45, 7) is 5.55. The van der Waals surface area contributed by atoms with Crippen LogP contribution in [-0.4, -0.2) is 39.4 Å². The summed E-state index contributed by atoms with van der Waals surface area (Å²) in [7, 11) is 0. The summed E-state index contributed by atoms with van der Waals surface area (Å²) in [5, 5.41) is 0. The summed E-state index contributed by atoms with van der Waals surface area (Å²) >= 11 is 0. The maximum absolute atomic E-state index is 13.0. The molecule has 0 saturated carbocycles. The van der Waals surface area contributed by atoms with Gasteiger partial charge >= 0.3 is 6.09 Å². The molecule has 2 atom stereocenters. The summed E-state index contributed by atoms with van der Waals surface area (Å²) in [6.07, 6.45) is 3.80. The van der Waals surface area contributed by atoms with E-state index in [0.29, 0.717) is 18.5 Å². The first kappa shape index (κ1) is 16.9. The molecule has 0 N–H and O–H groups in total. The number of amides is 1. The van der Waals surface area contributed by atoms with E-state index in [0.717, 1.165) is 19.0 Å². The van der Waals surface area contributed by atoms with Gasteiger partial charge in [0.05, 0.1) is 6.20 Å². The monoisotopic (exact) mass is 334 g/mol. The maximum Gasteiger partial charge on any atom is 0.410 e. The van der Waals surface area contributed by atoms with Gasteiger partial charge in [-0.2, -0.15) is 0 Å². The van der Waals surface area contributed by atoms with Crippen LogP contribution in [0.15, 0.2) is 18.3 Å². The Kier molecular flexibility index (Phi) is 4.32. The minimum absolute atomic E-state index is 0.0352. The number of Topliss-reactive ketones (excluding diaryl/α,β-unsaturated/α-hetero) is 1. The van der Waals surface area contributed by atoms with Gasteiger partial charge in [-0.25, -0.2) is 9.18 Å². The number of nitrogens with zero attached hydrogens (tertiary/aromatic N) is 2. The number of ether oxygens (including phenoxy) is 1. The van der Waals surface area contributed by atoms with Gasteiger partial charge in [0.1, 0.15) is 17.1 Å². The fraction of sp³-hybridized carbons (Fsp3) is 0.611. The summed E-state index contributed by atoms with van der Waals surface area (Å²) < 4.78 is 18.5. The summed E-state index contributed by atoms with van der Waals surface area (Å²) in [5.74, 6) is -0.679. The van der Waals surface area contributed by atoms with Crippen LogP contribution in [0.1, 0.15) is 56.9 Å². The molecule has 2 aliphatic heterocycles. The van der Waals surface area contributed by atoms with E-state index in [-0.39, 0.29) is 29.9 Å². The van der Waals surface area contributed by atoms with Gasteiger partial charge in [0.25, 0.3) is 0 Å². The van der Waals surface area contributed by atoms with Crippen molar-refractivity contribution in [3.63, 3.8) is 0 Å². The Labute approximate surface area is 141 Å². The SMILES string of the molecule is CC(C)(C)OC(=O)N1C2CCC1CC(C(=O)c1ccc(F)cn1)C2. The Morgan fingerprint density at radius 3 is 2.33 bits per heavy atom. The summed E-state index contributed by atoms with van der Waals surface area (Å²) in [6, 6.07) is 2.76. The molecule has 3 heterocycles. The van der Waals surface area contributed by atoms with Gasteiger partial charge < -0.3 is 9.64 Å². The lowest BCUT2D eigenvalue weighted by molar-refractivity contribution is 0.00250. The molecule has 6 heteroatoms. The summed E-state index contributed by atoms with van der Waals surface area (Å²) in [4.78, 5) is 30.7. The van der Waals surface area contributed by atoms with Crippen molar-refractivity contribution < 1.29 is 18.7 Å². The largest absolute Gasteiger partial charge is 0.444 e. The topological polar surface area (TPSA) is 59.5 Å². The van der Waals surface area contributed by atoms with E-state index in [1.54, 1.807) is 0 Å². The highest BCUT2D eigenvalue weighted by Crippen LogP contribution is 2.40. The Balaban J connectivity index is 1.70. The van der Waals surface area contributed by atoms with Crippen LogP contribution in [0.5, 0.6) is 0 Å². The predicted molar refractivity (Wildman–Crippen MR) is 86.1 cm³/mol. The van der Waals surface area contributed by atoms with Crippen molar-refractivity contribution in [3.05, 3.63) is 29.8 Å². The average Bonchev–Trinajstić information content (AvgIpc) is 2.76. The van der Waals surface area contributed by atoms with Crippen molar-refractivity contribution in [2.24, 2.45) is 5.92 Å². The Bertz CT molecular complexity index is 625. The molecule has 0 aromatic carbocycles. The maximum atomic E-state index is 13.0. The first-order chi connectivity index (χ1) is 11.2. The minimum atomic E-state index is -0.527. The van der Waals surface area contributed by atoms with E-state index in [2.05, 4.69) is 4.98 Å². The van der Waals surface area contributed by atoms with E-state index < -0.39 is 11.4 Å². The molecule has 0 radical (unpaired) electrons. The van der Waals surface area contributed by atoms with E-state index in [1.165, 1.54) is 12.1 Å². The van der Waals surface area contributed by atoms with E-state index >= 15 is 0 Å². The fourth-order valence-corrected chi connectivity index (χ4v) is 3.73. The first-order valence-electron chi connectivity index (χ1n) is 8.41. The molecule has 2 aliphatic rings. The van der Waals surface area contributed by atoms with Crippen molar-refractivity contribution in [1.82, 2.24) is 9.88 Å². The molecular weight excluding hydrogens is 311 g/mol. The molecule has 24 heavy (non-hydrogen) atoms. The van der Waals surface area contributed by atoms with Gasteiger partial charge in [0.15, 0.2) is 5.78 Å².